The number of nitrogens with one attached hydrogen (secondary N) is 1. The number of fused-ring (bicyclic) bond motifs is 1. The number of pyridine rings is 1. The number of hydrogen-bond donors (Lipinski definition) is 1. The Morgan fingerprint density at radius 2 is 2.14 bits per heavy atom. The highest BCUT2D eigenvalue weighted by molar-refractivity contribution is 5.80. The quantitative estimate of drug-likeness (QED) is 0.779. The maximum absolute atomic E-state index is 5.82. The van der Waals surface area contributed by atoms with Gasteiger partial charge in [0.15, 0.2) is 0 Å². The highest BCUT2D eigenvalue weighted by atomic mass is 16.5. The van der Waals surface area contributed by atoms with Gasteiger partial charge in [0.05, 0.1) is 31.0 Å². The van der Waals surface area contributed by atoms with Crippen LogP contribution in [0.4, 0.5) is 0 Å². The molecule has 0 atom stereocenters. The number of aromatic amines is 1. The highest BCUT2D eigenvalue weighted by Crippen LogP contribution is 2.32. The van der Waals surface area contributed by atoms with Crippen molar-refractivity contribution in [2.24, 2.45) is 0 Å². The third-order valence-electron chi connectivity index (χ3n) is 3.19. The Morgan fingerprint density at radius 3 is 2.90 bits per heavy atom. The molecule has 0 saturated heterocycles. The number of imidazole rings is 1. The van der Waals surface area contributed by atoms with Crippen molar-refractivity contribution in [3.05, 3.63) is 36.7 Å². The van der Waals surface area contributed by atoms with Gasteiger partial charge in [-0.1, -0.05) is 6.92 Å². The van der Waals surface area contributed by atoms with Crippen LogP contribution in [0.5, 0.6) is 11.5 Å². The van der Waals surface area contributed by atoms with E-state index in [2.05, 4.69) is 21.9 Å². The van der Waals surface area contributed by atoms with Gasteiger partial charge in [-0.3, -0.25) is 4.98 Å². The lowest BCUT2D eigenvalue weighted by molar-refractivity contribution is 0.316. The second kappa shape index (κ2) is 5.83. The molecule has 0 spiro atoms. The summed E-state index contributed by atoms with van der Waals surface area (Å²) in [5, 5.41) is 0. The molecule has 0 aliphatic heterocycles. The van der Waals surface area contributed by atoms with Crippen LogP contribution >= 0.6 is 0 Å². The molecule has 0 unspecified atom stereocenters. The maximum Gasteiger partial charge on any atom is 0.142 e. The van der Waals surface area contributed by atoms with Gasteiger partial charge in [0.1, 0.15) is 22.8 Å². The third kappa shape index (κ3) is 2.67. The first-order chi connectivity index (χ1) is 10.3. The summed E-state index contributed by atoms with van der Waals surface area (Å²) < 4.78 is 11.1. The fourth-order valence-corrected chi connectivity index (χ4v) is 2.14. The SMILES string of the molecule is CCCOc1cc(OC)ccc1-c1nc2cnccc2[nH]1. The van der Waals surface area contributed by atoms with E-state index >= 15 is 0 Å². The molecule has 0 aliphatic carbocycles. The average Bonchev–Trinajstić information content (AvgIpc) is 2.96. The summed E-state index contributed by atoms with van der Waals surface area (Å²) in [6.45, 7) is 2.73. The summed E-state index contributed by atoms with van der Waals surface area (Å²) in [5.41, 5.74) is 2.71. The zero-order valence-electron chi connectivity index (χ0n) is 12.1. The minimum absolute atomic E-state index is 0.655. The third-order valence-corrected chi connectivity index (χ3v) is 3.19. The van der Waals surface area contributed by atoms with E-state index < -0.39 is 0 Å². The summed E-state index contributed by atoms with van der Waals surface area (Å²) in [5.74, 6) is 2.30. The van der Waals surface area contributed by atoms with Crippen molar-refractivity contribution in [1.82, 2.24) is 15.0 Å². The number of nitrogens with zero attached hydrogens (tertiary/aromatic N) is 2. The predicted octanol–water partition coefficient (Wildman–Crippen LogP) is 3.42. The number of ether oxygens (including phenoxy) is 2. The summed E-state index contributed by atoms with van der Waals surface area (Å²) in [7, 11) is 1.64. The van der Waals surface area contributed by atoms with Crippen molar-refractivity contribution in [3.63, 3.8) is 0 Å². The fourth-order valence-electron chi connectivity index (χ4n) is 2.14. The Bertz CT molecular complexity index is 719. The number of rotatable bonds is 5. The van der Waals surface area contributed by atoms with E-state index in [9.17, 15) is 0 Å². The van der Waals surface area contributed by atoms with Crippen LogP contribution in [-0.2, 0) is 0 Å². The topological polar surface area (TPSA) is 60.0 Å². The van der Waals surface area contributed by atoms with Crippen LogP contribution in [0.25, 0.3) is 22.4 Å². The molecule has 0 fully saturated rings. The first-order valence-corrected chi connectivity index (χ1v) is 6.92. The normalized spacial score (nSPS) is 10.8. The predicted molar refractivity (Wildman–Crippen MR) is 81.7 cm³/mol. The second-order valence-electron chi connectivity index (χ2n) is 4.69. The molecule has 2 aromatic heterocycles. The maximum atomic E-state index is 5.82. The Morgan fingerprint density at radius 1 is 1.24 bits per heavy atom. The molecule has 108 valence electrons. The van der Waals surface area contributed by atoms with E-state index in [0.717, 1.165) is 40.3 Å². The number of benzene rings is 1. The van der Waals surface area contributed by atoms with Gasteiger partial charge in [0, 0.05) is 12.3 Å². The Hall–Kier alpha value is -2.56. The summed E-state index contributed by atoms with van der Waals surface area (Å²) in [6.07, 6.45) is 4.43. The lowest BCUT2D eigenvalue weighted by Gasteiger charge is -2.11. The molecule has 5 nitrogen and oxygen atoms in total. The van der Waals surface area contributed by atoms with E-state index in [0.29, 0.717) is 6.61 Å². The first-order valence-electron chi connectivity index (χ1n) is 6.92. The van der Waals surface area contributed by atoms with Gasteiger partial charge >= 0.3 is 0 Å². The van der Waals surface area contributed by atoms with E-state index in [1.54, 1.807) is 19.5 Å². The molecule has 0 bridgehead atoms. The first kappa shape index (κ1) is 13.4. The van der Waals surface area contributed by atoms with Crippen LogP contribution in [0.3, 0.4) is 0 Å². The van der Waals surface area contributed by atoms with Gasteiger partial charge in [-0.05, 0) is 24.6 Å². The van der Waals surface area contributed by atoms with Gasteiger partial charge < -0.3 is 14.5 Å². The molecule has 0 saturated carbocycles. The van der Waals surface area contributed by atoms with Gasteiger partial charge in [0.2, 0.25) is 0 Å². The van der Waals surface area contributed by atoms with Gasteiger partial charge in [-0.25, -0.2) is 4.98 Å². The summed E-state index contributed by atoms with van der Waals surface area (Å²) in [4.78, 5) is 11.9. The molecule has 3 aromatic rings. The van der Waals surface area contributed by atoms with Crippen LogP contribution in [0, 0.1) is 0 Å². The number of aromatic nitrogens is 3. The van der Waals surface area contributed by atoms with Crippen LogP contribution < -0.4 is 9.47 Å². The Balaban J connectivity index is 2.06. The largest absolute Gasteiger partial charge is 0.497 e. The van der Waals surface area contributed by atoms with Gasteiger partial charge in [0.25, 0.3) is 0 Å². The molecular weight excluding hydrogens is 266 g/mol. The van der Waals surface area contributed by atoms with E-state index in [1.807, 2.05) is 24.3 Å². The average molecular weight is 283 g/mol. The second-order valence-corrected chi connectivity index (χ2v) is 4.69. The van der Waals surface area contributed by atoms with Crippen molar-refractivity contribution in [2.75, 3.05) is 13.7 Å². The van der Waals surface area contributed by atoms with E-state index in [-0.39, 0.29) is 0 Å². The minimum Gasteiger partial charge on any atom is -0.497 e. The lowest BCUT2D eigenvalue weighted by atomic mass is 10.2. The molecule has 2 heterocycles. The molecule has 21 heavy (non-hydrogen) atoms. The Labute approximate surface area is 123 Å². The van der Waals surface area contributed by atoms with Crippen molar-refractivity contribution < 1.29 is 9.47 Å². The van der Waals surface area contributed by atoms with E-state index in [4.69, 9.17) is 9.47 Å². The molecule has 1 aromatic carbocycles. The fraction of sp³-hybridized carbons (Fsp3) is 0.250. The van der Waals surface area contributed by atoms with E-state index in [1.165, 1.54) is 0 Å². The van der Waals surface area contributed by atoms with Crippen molar-refractivity contribution in [3.8, 4) is 22.9 Å². The van der Waals surface area contributed by atoms with Crippen molar-refractivity contribution in [2.45, 2.75) is 13.3 Å². The molecule has 0 aliphatic rings. The molecule has 5 heteroatoms. The standard InChI is InChI=1S/C16H17N3O2/c1-3-8-21-15-9-11(20-2)4-5-12(15)16-18-13-6-7-17-10-14(13)19-16/h4-7,9-10H,3,8H2,1-2H3,(H,18,19). The summed E-state index contributed by atoms with van der Waals surface area (Å²) in [6, 6.07) is 7.65. The zero-order chi connectivity index (χ0) is 14.7. The van der Waals surface area contributed by atoms with Crippen LogP contribution in [-0.4, -0.2) is 28.7 Å². The van der Waals surface area contributed by atoms with Crippen LogP contribution in [0.2, 0.25) is 0 Å². The Kier molecular flexibility index (Phi) is 3.73. The highest BCUT2D eigenvalue weighted by Gasteiger charge is 2.12. The van der Waals surface area contributed by atoms with Gasteiger partial charge in [-0.15, -0.1) is 0 Å². The van der Waals surface area contributed by atoms with Crippen LogP contribution in [0.15, 0.2) is 36.7 Å². The monoisotopic (exact) mass is 283 g/mol. The number of H-pyrrole nitrogens is 1. The molecular formula is C16H17N3O2. The molecule has 0 radical (unpaired) electrons. The van der Waals surface area contributed by atoms with Crippen LogP contribution in [0.1, 0.15) is 13.3 Å². The molecule has 0 amide bonds. The van der Waals surface area contributed by atoms with Gasteiger partial charge in [-0.2, -0.15) is 0 Å². The van der Waals surface area contributed by atoms with Crippen molar-refractivity contribution in [1.29, 1.82) is 0 Å². The zero-order valence-corrected chi connectivity index (χ0v) is 12.1. The number of methoxy groups -OCH3 is 1. The minimum atomic E-state index is 0.655. The molecule has 1 N–H and O–H groups in total. The smallest absolute Gasteiger partial charge is 0.142 e. The lowest BCUT2D eigenvalue weighted by Crippen LogP contribution is -1.98. The number of hydrogen-bond acceptors (Lipinski definition) is 4. The summed E-state index contributed by atoms with van der Waals surface area (Å²) >= 11 is 0. The molecule has 3 rings (SSSR count). The van der Waals surface area contributed by atoms with Crippen molar-refractivity contribution >= 4 is 11.0 Å².